The predicted molar refractivity (Wildman–Crippen MR) is 53.0 cm³/mol. The van der Waals surface area contributed by atoms with E-state index in [2.05, 4.69) is 5.10 Å². The quantitative estimate of drug-likeness (QED) is 0.676. The minimum atomic E-state index is -0.241. The van der Waals surface area contributed by atoms with Crippen LogP contribution in [0.15, 0.2) is 30.5 Å². The number of aryl methyl sites for hydroxylation is 1. The zero-order valence-electron chi connectivity index (χ0n) is 8.16. The third kappa shape index (κ3) is 1.41. The molecule has 0 fully saturated rings. The van der Waals surface area contributed by atoms with E-state index < -0.39 is 0 Å². The van der Waals surface area contributed by atoms with Gasteiger partial charge in [-0.1, -0.05) is 6.07 Å². The summed E-state index contributed by atoms with van der Waals surface area (Å²) in [5.74, 6) is -0.241. The molecule has 0 spiro atoms. The van der Waals surface area contributed by atoms with Crippen LogP contribution in [0.1, 0.15) is 11.3 Å². The normalized spacial score (nSPS) is 10.5. The Bertz CT molecular complexity index is 460. The van der Waals surface area contributed by atoms with E-state index in [9.17, 15) is 4.39 Å². The van der Waals surface area contributed by atoms with Crippen molar-refractivity contribution in [2.24, 2.45) is 0 Å². The molecule has 0 N–H and O–H groups in total. The second-order valence-corrected chi connectivity index (χ2v) is 3.30. The highest BCUT2D eigenvalue weighted by atomic mass is 19.1. The number of aromatic nitrogens is 2. The van der Waals surface area contributed by atoms with E-state index in [0.717, 1.165) is 16.9 Å². The van der Waals surface area contributed by atoms with Crippen molar-refractivity contribution < 1.29 is 4.39 Å². The third-order valence-corrected chi connectivity index (χ3v) is 2.31. The second-order valence-electron chi connectivity index (χ2n) is 3.30. The second kappa shape index (κ2) is 3.25. The van der Waals surface area contributed by atoms with Crippen LogP contribution in [0.25, 0.3) is 5.69 Å². The maximum atomic E-state index is 13.0. The minimum absolute atomic E-state index is 0.241. The summed E-state index contributed by atoms with van der Waals surface area (Å²) in [6.07, 6.45) is 1.78. The van der Waals surface area contributed by atoms with Crippen molar-refractivity contribution in [2.75, 3.05) is 0 Å². The lowest BCUT2D eigenvalue weighted by Crippen LogP contribution is -1.99. The molecule has 14 heavy (non-hydrogen) atoms. The van der Waals surface area contributed by atoms with Crippen LogP contribution < -0.4 is 0 Å². The SMILES string of the molecule is Cc1cnn(-c2cccc(F)c2)c1C. The largest absolute Gasteiger partial charge is 0.238 e. The topological polar surface area (TPSA) is 17.8 Å². The van der Waals surface area contributed by atoms with Gasteiger partial charge in [0.15, 0.2) is 0 Å². The number of benzene rings is 1. The molecule has 0 aliphatic carbocycles. The molecule has 72 valence electrons. The molecule has 1 heterocycles. The number of rotatable bonds is 1. The molecule has 0 aliphatic heterocycles. The van der Waals surface area contributed by atoms with Gasteiger partial charge in [-0.15, -0.1) is 0 Å². The van der Waals surface area contributed by atoms with E-state index in [-0.39, 0.29) is 5.82 Å². The fraction of sp³-hybridized carbons (Fsp3) is 0.182. The highest BCUT2D eigenvalue weighted by Crippen LogP contribution is 2.13. The zero-order valence-corrected chi connectivity index (χ0v) is 8.16. The first-order valence-corrected chi connectivity index (χ1v) is 4.45. The van der Waals surface area contributed by atoms with Crippen LogP contribution in [0.4, 0.5) is 4.39 Å². The maximum absolute atomic E-state index is 13.0. The third-order valence-electron chi connectivity index (χ3n) is 2.31. The Morgan fingerprint density at radius 2 is 2.07 bits per heavy atom. The number of nitrogens with zero attached hydrogens (tertiary/aromatic N) is 2. The average Bonchev–Trinajstić information content (AvgIpc) is 2.48. The highest BCUT2D eigenvalue weighted by Gasteiger charge is 2.04. The molecule has 0 bridgehead atoms. The van der Waals surface area contributed by atoms with Gasteiger partial charge in [0.05, 0.1) is 11.9 Å². The summed E-state index contributed by atoms with van der Waals surface area (Å²) in [5, 5.41) is 4.18. The van der Waals surface area contributed by atoms with Crippen molar-refractivity contribution >= 4 is 0 Å². The van der Waals surface area contributed by atoms with Gasteiger partial charge in [0.2, 0.25) is 0 Å². The molecule has 0 saturated heterocycles. The molecular weight excluding hydrogens is 179 g/mol. The van der Waals surface area contributed by atoms with Gasteiger partial charge in [0.25, 0.3) is 0 Å². The van der Waals surface area contributed by atoms with E-state index in [1.54, 1.807) is 16.9 Å². The molecule has 0 radical (unpaired) electrons. The zero-order chi connectivity index (χ0) is 10.1. The van der Waals surface area contributed by atoms with Gasteiger partial charge in [-0.05, 0) is 37.6 Å². The van der Waals surface area contributed by atoms with Gasteiger partial charge < -0.3 is 0 Å². The number of hydrogen-bond donors (Lipinski definition) is 0. The first-order valence-electron chi connectivity index (χ1n) is 4.45. The van der Waals surface area contributed by atoms with E-state index in [4.69, 9.17) is 0 Å². The molecule has 3 heteroatoms. The van der Waals surface area contributed by atoms with E-state index in [1.807, 2.05) is 19.9 Å². The lowest BCUT2D eigenvalue weighted by molar-refractivity contribution is 0.625. The molecule has 0 unspecified atom stereocenters. The minimum Gasteiger partial charge on any atom is -0.238 e. The van der Waals surface area contributed by atoms with E-state index >= 15 is 0 Å². The Labute approximate surface area is 82.0 Å². The van der Waals surface area contributed by atoms with Crippen LogP contribution in [0.5, 0.6) is 0 Å². The van der Waals surface area contributed by atoms with E-state index in [1.165, 1.54) is 12.1 Å². The van der Waals surface area contributed by atoms with Gasteiger partial charge >= 0.3 is 0 Å². The Morgan fingerprint density at radius 1 is 1.29 bits per heavy atom. The molecule has 0 amide bonds. The molecule has 0 atom stereocenters. The molecule has 2 rings (SSSR count). The van der Waals surface area contributed by atoms with Crippen LogP contribution in [0.3, 0.4) is 0 Å². The van der Waals surface area contributed by atoms with Crippen molar-refractivity contribution in [1.82, 2.24) is 9.78 Å². The Hall–Kier alpha value is -1.64. The van der Waals surface area contributed by atoms with Gasteiger partial charge in [-0.3, -0.25) is 0 Å². The maximum Gasteiger partial charge on any atom is 0.125 e. The summed E-state index contributed by atoms with van der Waals surface area (Å²) >= 11 is 0. The van der Waals surface area contributed by atoms with Crippen LogP contribution in [0.2, 0.25) is 0 Å². The Morgan fingerprint density at radius 3 is 2.64 bits per heavy atom. The van der Waals surface area contributed by atoms with Crippen molar-refractivity contribution in [1.29, 1.82) is 0 Å². The summed E-state index contributed by atoms with van der Waals surface area (Å²) in [7, 11) is 0. The summed E-state index contributed by atoms with van der Waals surface area (Å²) < 4.78 is 14.7. The van der Waals surface area contributed by atoms with Crippen LogP contribution >= 0.6 is 0 Å². The summed E-state index contributed by atoms with van der Waals surface area (Å²) in [6, 6.07) is 6.41. The Balaban J connectivity index is 2.55. The monoisotopic (exact) mass is 190 g/mol. The summed E-state index contributed by atoms with van der Waals surface area (Å²) in [6.45, 7) is 3.95. The fourth-order valence-electron chi connectivity index (χ4n) is 1.36. The van der Waals surface area contributed by atoms with Gasteiger partial charge in [0.1, 0.15) is 5.82 Å². The van der Waals surface area contributed by atoms with Crippen molar-refractivity contribution in [2.45, 2.75) is 13.8 Å². The van der Waals surface area contributed by atoms with Crippen molar-refractivity contribution in [3.05, 3.63) is 47.5 Å². The van der Waals surface area contributed by atoms with Gasteiger partial charge in [-0.2, -0.15) is 5.10 Å². The van der Waals surface area contributed by atoms with Crippen LogP contribution in [-0.4, -0.2) is 9.78 Å². The summed E-state index contributed by atoms with van der Waals surface area (Å²) in [5.41, 5.74) is 2.90. The average molecular weight is 190 g/mol. The first-order chi connectivity index (χ1) is 6.68. The highest BCUT2D eigenvalue weighted by molar-refractivity contribution is 5.34. The smallest absolute Gasteiger partial charge is 0.125 e. The molecule has 2 aromatic rings. The Kier molecular flexibility index (Phi) is 2.08. The van der Waals surface area contributed by atoms with Crippen LogP contribution in [0, 0.1) is 19.7 Å². The molecule has 0 aliphatic rings. The fourth-order valence-corrected chi connectivity index (χ4v) is 1.36. The first kappa shape index (κ1) is 8.94. The standard InChI is InChI=1S/C11H11FN2/c1-8-7-13-14(9(8)2)11-5-3-4-10(12)6-11/h3-7H,1-2H3. The molecular formula is C11H11FN2. The predicted octanol–water partition coefficient (Wildman–Crippen LogP) is 2.63. The lowest BCUT2D eigenvalue weighted by atomic mass is 10.2. The summed E-state index contributed by atoms with van der Waals surface area (Å²) in [4.78, 5) is 0. The molecule has 1 aromatic heterocycles. The molecule has 2 nitrogen and oxygen atoms in total. The van der Waals surface area contributed by atoms with Gasteiger partial charge in [-0.25, -0.2) is 9.07 Å². The molecule has 0 saturated carbocycles. The number of hydrogen-bond acceptors (Lipinski definition) is 1. The molecule has 1 aromatic carbocycles. The number of halogens is 1. The van der Waals surface area contributed by atoms with Gasteiger partial charge in [0, 0.05) is 5.69 Å². The van der Waals surface area contributed by atoms with Crippen molar-refractivity contribution in [3.8, 4) is 5.69 Å². The van der Waals surface area contributed by atoms with Crippen LogP contribution in [-0.2, 0) is 0 Å². The van der Waals surface area contributed by atoms with E-state index in [0.29, 0.717) is 0 Å². The lowest BCUT2D eigenvalue weighted by Gasteiger charge is -2.04. The van der Waals surface area contributed by atoms with Crippen molar-refractivity contribution in [3.63, 3.8) is 0 Å².